The molecule has 2 N–H and O–H groups in total. The van der Waals surface area contributed by atoms with Crippen molar-refractivity contribution >= 4 is 18.3 Å². The second-order valence-electron chi connectivity index (χ2n) is 4.90. The number of benzene rings is 1. The average Bonchev–Trinajstić information content (AvgIpc) is 2.41. The number of carbonyl (C=O) groups is 1. The molecule has 6 heteroatoms. The molecule has 0 bridgehead atoms. The van der Waals surface area contributed by atoms with Crippen LogP contribution in [-0.4, -0.2) is 32.1 Å². The van der Waals surface area contributed by atoms with E-state index in [9.17, 15) is 9.18 Å². The van der Waals surface area contributed by atoms with Crippen molar-refractivity contribution in [3.05, 3.63) is 29.6 Å². The van der Waals surface area contributed by atoms with Gasteiger partial charge in [-0.3, -0.25) is 4.79 Å². The number of rotatable bonds is 3. The van der Waals surface area contributed by atoms with E-state index in [2.05, 4.69) is 17.6 Å². The Morgan fingerprint density at radius 1 is 1.50 bits per heavy atom. The van der Waals surface area contributed by atoms with Crippen LogP contribution in [0.1, 0.15) is 23.7 Å². The van der Waals surface area contributed by atoms with E-state index in [-0.39, 0.29) is 30.1 Å². The van der Waals surface area contributed by atoms with E-state index >= 15 is 0 Å². The van der Waals surface area contributed by atoms with Crippen LogP contribution in [0.15, 0.2) is 18.2 Å². The second-order valence-corrected chi connectivity index (χ2v) is 4.90. The maximum absolute atomic E-state index is 13.5. The third kappa shape index (κ3) is 3.84. The summed E-state index contributed by atoms with van der Waals surface area (Å²) in [7, 11) is 1.40. The summed E-state index contributed by atoms with van der Waals surface area (Å²) < 4.78 is 18.4. The molecule has 20 heavy (non-hydrogen) atoms. The molecule has 0 radical (unpaired) electrons. The van der Waals surface area contributed by atoms with Crippen LogP contribution in [0, 0.1) is 11.7 Å². The van der Waals surface area contributed by atoms with E-state index in [1.807, 2.05) is 0 Å². The van der Waals surface area contributed by atoms with Crippen molar-refractivity contribution < 1.29 is 13.9 Å². The minimum Gasteiger partial charge on any atom is -0.494 e. The van der Waals surface area contributed by atoms with Gasteiger partial charge < -0.3 is 15.4 Å². The lowest BCUT2D eigenvalue weighted by atomic mass is 9.94. The molecular formula is C14H20ClFN2O2. The number of halogens is 2. The van der Waals surface area contributed by atoms with Gasteiger partial charge in [-0.25, -0.2) is 4.39 Å². The smallest absolute Gasteiger partial charge is 0.251 e. The van der Waals surface area contributed by atoms with Crippen molar-refractivity contribution in [2.75, 3.05) is 20.2 Å². The number of methoxy groups -OCH3 is 1. The Balaban J connectivity index is 0.00000200. The molecule has 2 unspecified atom stereocenters. The Hall–Kier alpha value is -1.33. The number of carbonyl (C=O) groups excluding carboxylic acids is 1. The van der Waals surface area contributed by atoms with Crippen molar-refractivity contribution in [3.63, 3.8) is 0 Å². The quantitative estimate of drug-likeness (QED) is 0.898. The summed E-state index contributed by atoms with van der Waals surface area (Å²) in [6, 6.07) is 4.33. The molecule has 1 fully saturated rings. The van der Waals surface area contributed by atoms with Gasteiger partial charge in [0.25, 0.3) is 5.91 Å². The van der Waals surface area contributed by atoms with Crippen LogP contribution in [0.2, 0.25) is 0 Å². The molecule has 1 aromatic rings. The highest BCUT2D eigenvalue weighted by Crippen LogP contribution is 2.18. The lowest BCUT2D eigenvalue weighted by Gasteiger charge is -2.30. The van der Waals surface area contributed by atoms with Crippen LogP contribution in [0.5, 0.6) is 5.75 Å². The molecule has 1 amide bonds. The molecule has 1 aliphatic rings. The summed E-state index contributed by atoms with van der Waals surface area (Å²) >= 11 is 0. The third-order valence-corrected chi connectivity index (χ3v) is 3.56. The highest BCUT2D eigenvalue weighted by Gasteiger charge is 2.23. The fraction of sp³-hybridized carbons (Fsp3) is 0.500. The fourth-order valence-electron chi connectivity index (χ4n) is 2.24. The van der Waals surface area contributed by atoms with Crippen LogP contribution in [-0.2, 0) is 0 Å². The van der Waals surface area contributed by atoms with Gasteiger partial charge in [-0.05, 0) is 37.1 Å². The van der Waals surface area contributed by atoms with Gasteiger partial charge in [0.2, 0.25) is 0 Å². The van der Waals surface area contributed by atoms with Crippen LogP contribution in [0.25, 0.3) is 0 Å². The Bertz CT molecular complexity index is 470. The molecule has 0 saturated carbocycles. The molecule has 2 rings (SSSR count). The molecule has 1 aliphatic heterocycles. The zero-order valence-electron chi connectivity index (χ0n) is 11.6. The first-order valence-electron chi connectivity index (χ1n) is 6.47. The lowest BCUT2D eigenvalue weighted by molar-refractivity contribution is 0.0914. The zero-order valence-corrected chi connectivity index (χ0v) is 12.4. The second kappa shape index (κ2) is 7.45. The standard InChI is InChI=1S/C14H19FN2O2.ClH/c1-9-5-6-16-8-12(9)17-14(18)10-3-4-13(19-2)11(15)7-10;/h3-4,7,9,12,16H,5-6,8H2,1-2H3,(H,17,18);1H. The number of nitrogens with one attached hydrogen (secondary N) is 2. The van der Waals surface area contributed by atoms with E-state index in [1.165, 1.54) is 19.2 Å². The molecule has 2 atom stereocenters. The highest BCUT2D eigenvalue weighted by atomic mass is 35.5. The van der Waals surface area contributed by atoms with E-state index in [4.69, 9.17) is 4.74 Å². The molecular weight excluding hydrogens is 283 g/mol. The Kier molecular flexibility index (Phi) is 6.23. The van der Waals surface area contributed by atoms with Crippen molar-refractivity contribution in [1.82, 2.24) is 10.6 Å². The molecule has 0 spiro atoms. The predicted molar refractivity (Wildman–Crippen MR) is 78.1 cm³/mol. The number of hydrogen-bond donors (Lipinski definition) is 2. The minimum absolute atomic E-state index is 0. The molecule has 0 aromatic heterocycles. The molecule has 1 saturated heterocycles. The minimum atomic E-state index is -0.523. The molecule has 112 valence electrons. The highest BCUT2D eigenvalue weighted by molar-refractivity contribution is 5.94. The largest absolute Gasteiger partial charge is 0.494 e. The molecule has 0 aliphatic carbocycles. The van der Waals surface area contributed by atoms with Crippen molar-refractivity contribution in [2.45, 2.75) is 19.4 Å². The van der Waals surface area contributed by atoms with Gasteiger partial charge in [-0.2, -0.15) is 0 Å². The maximum Gasteiger partial charge on any atom is 0.251 e. The van der Waals surface area contributed by atoms with Crippen molar-refractivity contribution in [2.24, 2.45) is 5.92 Å². The number of ether oxygens (including phenoxy) is 1. The number of amides is 1. The molecule has 4 nitrogen and oxygen atoms in total. The normalized spacial score (nSPS) is 21.8. The number of piperidine rings is 1. The summed E-state index contributed by atoms with van der Waals surface area (Å²) in [6.07, 6.45) is 1.03. The van der Waals surface area contributed by atoms with E-state index in [0.29, 0.717) is 11.5 Å². The Morgan fingerprint density at radius 3 is 2.85 bits per heavy atom. The molecule has 1 aromatic carbocycles. The zero-order chi connectivity index (χ0) is 13.8. The van der Waals surface area contributed by atoms with Gasteiger partial charge in [0.15, 0.2) is 11.6 Å². The van der Waals surface area contributed by atoms with Crippen LogP contribution >= 0.6 is 12.4 Å². The van der Waals surface area contributed by atoms with Crippen LogP contribution < -0.4 is 15.4 Å². The van der Waals surface area contributed by atoms with Crippen molar-refractivity contribution in [1.29, 1.82) is 0 Å². The van der Waals surface area contributed by atoms with Gasteiger partial charge in [0.05, 0.1) is 7.11 Å². The van der Waals surface area contributed by atoms with Gasteiger partial charge >= 0.3 is 0 Å². The number of hydrogen-bond acceptors (Lipinski definition) is 3. The lowest BCUT2D eigenvalue weighted by Crippen LogP contribution is -2.50. The molecule has 1 heterocycles. The van der Waals surface area contributed by atoms with E-state index in [1.54, 1.807) is 6.07 Å². The monoisotopic (exact) mass is 302 g/mol. The summed E-state index contributed by atoms with van der Waals surface area (Å²) in [4.78, 5) is 12.1. The third-order valence-electron chi connectivity index (χ3n) is 3.56. The van der Waals surface area contributed by atoms with Crippen molar-refractivity contribution in [3.8, 4) is 5.75 Å². The summed E-state index contributed by atoms with van der Waals surface area (Å²) in [5.74, 6) is -0.204. The topological polar surface area (TPSA) is 50.4 Å². The first-order valence-corrected chi connectivity index (χ1v) is 6.47. The first kappa shape index (κ1) is 16.7. The Labute approximate surface area is 124 Å². The first-order chi connectivity index (χ1) is 9.11. The van der Waals surface area contributed by atoms with Gasteiger partial charge in [0.1, 0.15) is 0 Å². The summed E-state index contributed by atoms with van der Waals surface area (Å²) in [6.45, 7) is 3.84. The summed E-state index contributed by atoms with van der Waals surface area (Å²) in [5, 5.41) is 6.18. The fourth-order valence-corrected chi connectivity index (χ4v) is 2.24. The maximum atomic E-state index is 13.5. The summed E-state index contributed by atoms with van der Waals surface area (Å²) in [5.41, 5.74) is 0.316. The average molecular weight is 303 g/mol. The SMILES string of the molecule is COc1ccc(C(=O)NC2CNCCC2C)cc1F.Cl. The van der Waals surface area contributed by atoms with Gasteiger partial charge in [-0.15, -0.1) is 12.4 Å². The van der Waals surface area contributed by atoms with E-state index in [0.717, 1.165) is 19.5 Å². The van der Waals surface area contributed by atoms with Gasteiger partial charge in [-0.1, -0.05) is 6.92 Å². The van der Waals surface area contributed by atoms with E-state index < -0.39 is 5.82 Å². The van der Waals surface area contributed by atoms with Crippen LogP contribution in [0.3, 0.4) is 0 Å². The predicted octanol–water partition coefficient (Wildman–Crippen LogP) is 1.98. The Morgan fingerprint density at radius 2 is 2.25 bits per heavy atom. The van der Waals surface area contributed by atoms with Gasteiger partial charge in [0, 0.05) is 18.2 Å². The van der Waals surface area contributed by atoms with Crippen LogP contribution in [0.4, 0.5) is 4.39 Å².